The molecule has 0 unspecified atom stereocenters. The number of hydrogen-bond acceptors (Lipinski definition) is 4. The van der Waals surface area contributed by atoms with E-state index < -0.39 is 5.60 Å². The number of carbonyl (C=O) groups is 1. The highest BCUT2D eigenvalue weighted by Gasteiger charge is 2.34. The van der Waals surface area contributed by atoms with Gasteiger partial charge in [0.1, 0.15) is 11.4 Å². The first-order chi connectivity index (χ1) is 14.4. The first-order valence-corrected chi connectivity index (χ1v) is 11.8. The van der Waals surface area contributed by atoms with Crippen molar-refractivity contribution in [3.05, 3.63) is 24.3 Å². The summed E-state index contributed by atoms with van der Waals surface area (Å²) >= 11 is 0. The lowest BCUT2D eigenvalue weighted by atomic mass is 9.93. The molecule has 1 aliphatic rings. The maximum absolute atomic E-state index is 12.9. The predicted molar refractivity (Wildman–Crippen MR) is 124 cm³/mol. The van der Waals surface area contributed by atoms with Crippen molar-refractivity contribution >= 4 is 11.6 Å². The van der Waals surface area contributed by atoms with Crippen LogP contribution in [-0.2, 0) is 9.53 Å². The Morgan fingerprint density at radius 2 is 1.77 bits per heavy atom. The molecule has 1 aromatic carbocycles. The molecule has 0 aliphatic carbocycles. The van der Waals surface area contributed by atoms with Gasteiger partial charge in [0.05, 0.1) is 6.61 Å². The third kappa shape index (κ3) is 8.65. The number of hydrogen-bond donors (Lipinski definition) is 1. The summed E-state index contributed by atoms with van der Waals surface area (Å²) in [7, 11) is 0. The van der Waals surface area contributed by atoms with Gasteiger partial charge in [-0.2, -0.15) is 0 Å². The number of ether oxygens (including phenoxy) is 2. The first-order valence-electron chi connectivity index (χ1n) is 11.8. The van der Waals surface area contributed by atoms with Gasteiger partial charge in [0.2, 0.25) is 0 Å². The second kappa shape index (κ2) is 13.0. The maximum atomic E-state index is 12.9. The number of rotatable bonds is 12. The number of likely N-dealkylation sites (tertiary alicyclic amines) is 1. The molecule has 0 radical (unpaired) electrons. The van der Waals surface area contributed by atoms with Crippen LogP contribution in [0.5, 0.6) is 5.75 Å². The first kappa shape index (κ1) is 24.7. The molecule has 0 aromatic heterocycles. The zero-order chi connectivity index (χ0) is 21.8. The lowest BCUT2D eigenvalue weighted by Gasteiger charge is -2.30. The highest BCUT2D eigenvalue weighted by molar-refractivity contribution is 5.97. The zero-order valence-electron chi connectivity index (χ0n) is 19.5. The molecule has 2 rings (SSSR count). The Kier molecular flexibility index (Phi) is 10.7. The van der Waals surface area contributed by atoms with Crippen LogP contribution in [0.15, 0.2) is 24.3 Å². The molecule has 1 amide bonds. The van der Waals surface area contributed by atoms with Gasteiger partial charge in [-0.25, -0.2) is 0 Å². The minimum atomic E-state index is -0.813. The number of benzene rings is 1. The van der Waals surface area contributed by atoms with E-state index in [1.54, 1.807) is 0 Å². The molecule has 5 nitrogen and oxygen atoms in total. The molecule has 1 fully saturated rings. The zero-order valence-corrected chi connectivity index (χ0v) is 19.5. The average Bonchev–Trinajstić information content (AvgIpc) is 2.99. The van der Waals surface area contributed by atoms with E-state index >= 15 is 0 Å². The summed E-state index contributed by atoms with van der Waals surface area (Å²) in [6.45, 7) is 13.0. The lowest BCUT2D eigenvalue weighted by molar-refractivity contribution is -0.141. The van der Waals surface area contributed by atoms with Gasteiger partial charge in [0, 0.05) is 18.8 Å². The Labute approximate surface area is 183 Å². The number of amides is 1. The van der Waals surface area contributed by atoms with E-state index in [9.17, 15) is 4.79 Å². The SMILES string of the molecule is CCCO[C@@](C)(CC(C)C)C(=O)Nc1ccc(OCCCN2CCCCCC2)cc1. The lowest BCUT2D eigenvalue weighted by Crippen LogP contribution is -2.44. The molecule has 0 bridgehead atoms. The van der Waals surface area contributed by atoms with E-state index in [1.807, 2.05) is 31.2 Å². The van der Waals surface area contributed by atoms with Crippen LogP contribution in [0, 0.1) is 5.92 Å². The van der Waals surface area contributed by atoms with Crippen molar-refractivity contribution in [3.63, 3.8) is 0 Å². The maximum Gasteiger partial charge on any atom is 0.256 e. The van der Waals surface area contributed by atoms with Crippen LogP contribution in [0.25, 0.3) is 0 Å². The highest BCUT2D eigenvalue weighted by atomic mass is 16.5. The Hall–Kier alpha value is -1.59. The molecule has 1 aromatic rings. The third-order valence-electron chi connectivity index (χ3n) is 5.60. The van der Waals surface area contributed by atoms with Crippen LogP contribution in [0.2, 0.25) is 0 Å². The highest BCUT2D eigenvalue weighted by Crippen LogP contribution is 2.24. The van der Waals surface area contributed by atoms with Gasteiger partial charge in [0.25, 0.3) is 5.91 Å². The summed E-state index contributed by atoms with van der Waals surface area (Å²) < 4.78 is 11.8. The van der Waals surface area contributed by atoms with E-state index in [4.69, 9.17) is 9.47 Å². The number of nitrogens with one attached hydrogen (secondary N) is 1. The van der Waals surface area contributed by atoms with Crippen molar-refractivity contribution in [2.45, 2.75) is 78.2 Å². The molecule has 0 saturated carbocycles. The van der Waals surface area contributed by atoms with Crippen LogP contribution in [0.1, 0.15) is 72.6 Å². The van der Waals surface area contributed by atoms with Crippen molar-refractivity contribution in [3.8, 4) is 5.75 Å². The second-order valence-corrected chi connectivity index (χ2v) is 9.11. The van der Waals surface area contributed by atoms with Gasteiger partial charge in [-0.3, -0.25) is 4.79 Å². The summed E-state index contributed by atoms with van der Waals surface area (Å²) in [5, 5.41) is 3.01. The smallest absolute Gasteiger partial charge is 0.256 e. The topological polar surface area (TPSA) is 50.8 Å². The van der Waals surface area contributed by atoms with Crippen LogP contribution in [0.4, 0.5) is 5.69 Å². The van der Waals surface area contributed by atoms with Crippen molar-refractivity contribution < 1.29 is 14.3 Å². The molecule has 0 spiro atoms. The largest absolute Gasteiger partial charge is 0.494 e. The molecule has 1 atom stereocenters. The second-order valence-electron chi connectivity index (χ2n) is 9.11. The minimum Gasteiger partial charge on any atom is -0.494 e. The van der Waals surface area contributed by atoms with Crippen LogP contribution in [0.3, 0.4) is 0 Å². The van der Waals surface area contributed by atoms with E-state index in [0.29, 0.717) is 18.9 Å². The Bertz CT molecular complexity index is 609. The standard InChI is InChI=1S/C25H42N2O3/c1-5-18-30-25(4,20-21(2)3)24(28)26-22-11-13-23(14-12-22)29-19-10-17-27-15-8-6-7-9-16-27/h11-14,21H,5-10,15-20H2,1-4H3,(H,26,28)/t25-/m0/s1. The number of nitrogens with zero attached hydrogens (tertiary/aromatic N) is 1. The molecule has 30 heavy (non-hydrogen) atoms. The van der Waals surface area contributed by atoms with Crippen molar-refractivity contribution in [2.24, 2.45) is 5.92 Å². The molecule has 1 aliphatic heterocycles. The molecular formula is C25H42N2O3. The fourth-order valence-corrected chi connectivity index (χ4v) is 4.06. The molecule has 1 saturated heterocycles. The Morgan fingerprint density at radius 3 is 2.37 bits per heavy atom. The summed E-state index contributed by atoms with van der Waals surface area (Å²) in [5.41, 5.74) is -0.0425. The molecule has 170 valence electrons. The number of anilines is 1. The van der Waals surface area contributed by atoms with Crippen LogP contribution in [-0.4, -0.2) is 49.3 Å². The monoisotopic (exact) mass is 418 g/mol. The minimum absolute atomic E-state index is 0.0873. The van der Waals surface area contributed by atoms with E-state index in [-0.39, 0.29) is 5.91 Å². The van der Waals surface area contributed by atoms with E-state index in [1.165, 1.54) is 38.8 Å². The van der Waals surface area contributed by atoms with Crippen molar-refractivity contribution in [2.75, 3.05) is 38.2 Å². The van der Waals surface area contributed by atoms with Crippen molar-refractivity contribution in [1.29, 1.82) is 0 Å². The Balaban J connectivity index is 1.78. The quantitative estimate of drug-likeness (QED) is 0.455. The fourth-order valence-electron chi connectivity index (χ4n) is 4.06. The van der Waals surface area contributed by atoms with Crippen LogP contribution >= 0.6 is 0 Å². The predicted octanol–water partition coefficient (Wildman–Crippen LogP) is 5.50. The fraction of sp³-hybridized carbons (Fsp3) is 0.720. The number of carbonyl (C=O) groups excluding carboxylic acids is 1. The summed E-state index contributed by atoms with van der Waals surface area (Å²) in [4.78, 5) is 15.4. The van der Waals surface area contributed by atoms with Gasteiger partial charge >= 0.3 is 0 Å². The summed E-state index contributed by atoms with van der Waals surface area (Å²) in [6, 6.07) is 7.65. The summed E-state index contributed by atoms with van der Waals surface area (Å²) in [6.07, 6.45) is 8.03. The van der Waals surface area contributed by atoms with Crippen molar-refractivity contribution in [1.82, 2.24) is 4.90 Å². The normalized spacial score (nSPS) is 17.4. The molecule has 1 heterocycles. The third-order valence-corrected chi connectivity index (χ3v) is 5.60. The summed E-state index contributed by atoms with van der Waals surface area (Å²) in [5.74, 6) is 1.13. The molecule has 5 heteroatoms. The van der Waals surface area contributed by atoms with Gasteiger partial charge < -0.3 is 19.7 Å². The van der Waals surface area contributed by atoms with Gasteiger partial charge in [-0.15, -0.1) is 0 Å². The van der Waals surface area contributed by atoms with Gasteiger partial charge in [-0.1, -0.05) is 33.6 Å². The van der Waals surface area contributed by atoms with E-state index in [0.717, 1.165) is 37.4 Å². The van der Waals surface area contributed by atoms with Gasteiger partial charge in [-0.05, 0) is 82.3 Å². The van der Waals surface area contributed by atoms with E-state index in [2.05, 4.69) is 31.0 Å². The average molecular weight is 419 g/mol. The van der Waals surface area contributed by atoms with Gasteiger partial charge in [0.15, 0.2) is 0 Å². The Morgan fingerprint density at radius 1 is 1.10 bits per heavy atom. The van der Waals surface area contributed by atoms with Crippen LogP contribution < -0.4 is 10.1 Å². The molecular weight excluding hydrogens is 376 g/mol. The molecule has 1 N–H and O–H groups in total.